The van der Waals surface area contributed by atoms with E-state index >= 15 is 0 Å². The molecule has 2 N–H and O–H groups in total. The van der Waals surface area contributed by atoms with Crippen LogP contribution in [0.4, 0.5) is 0 Å². The molecule has 0 aliphatic carbocycles. The van der Waals surface area contributed by atoms with Crippen molar-refractivity contribution in [1.29, 1.82) is 0 Å². The number of phosphoric acid groups is 1. The van der Waals surface area contributed by atoms with Gasteiger partial charge in [0.2, 0.25) is 5.91 Å². The third-order valence-corrected chi connectivity index (χ3v) is 15.7. The minimum atomic E-state index is -4.63. The van der Waals surface area contributed by atoms with Crippen LogP contribution < -0.4 is 10.2 Å². The number of aliphatic hydroxyl groups excluding tert-OH is 1. The van der Waals surface area contributed by atoms with Crippen LogP contribution in [0.15, 0.2) is 146 Å². The molecule has 0 aromatic carbocycles. The number of aliphatic hydroxyl groups is 1. The van der Waals surface area contributed by atoms with Gasteiger partial charge in [-0.25, -0.2) is 0 Å². The number of hydrogen-bond donors (Lipinski definition) is 2. The van der Waals surface area contributed by atoms with Gasteiger partial charge in [0.15, 0.2) is 0 Å². The highest BCUT2D eigenvalue weighted by molar-refractivity contribution is 7.45. The van der Waals surface area contributed by atoms with Gasteiger partial charge in [-0.3, -0.25) is 9.36 Å². The summed E-state index contributed by atoms with van der Waals surface area (Å²) in [5, 5.41) is 13.9. The molecular weight excluding hydrogens is 1070 g/mol. The number of carbonyl (C=O) groups is 1. The minimum Gasteiger partial charge on any atom is -0.756 e. The Morgan fingerprint density at radius 1 is 0.424 bits per heavy atom. The molecule has 85 heavy (non-hydrogen) atoms. The van der Waals surface area contributed by atoms with Crippen molar-refractivity contribution >= 4 is 13.7 Å². The topological polar surface area (TPSA) is 108 Å². The predicted molar refractivity (Wildman–Crippen MR) is 371 cm³/mol. The smallest absolute Gasteiger partial charge is 0.268 e. The molecule has 1 amide bonds. The summed E-state index contributed by atoms with van der Waals surface area (Å²) in [6.07, 6.45) is 99.7. The number of nitrogens with one attached hydrogen (secondary N) is 1. The van der Waals surface area contributed by atoms with Gasteiger partial charge < -0.3 is 28.8 Å². The van der Waals surface area contributed by atoms with E-state index in [1.807, 2.05) is 27.2 Å². The van der Waals surface area contributed by atoms with Crippen LogP contribution in [0.2, 0.25) is 0 Å². The number of unbranched alkanes of at least 4 members (excludes halogenated alkanes) is 27. The third-order valence-electron chi connectivity index (χ3n) is 14.8. The van der Waals surface area contributed by atoms with Gasteiger partial charge >= 0.3 is 0 Å². The highest BCUT2D eigenvalue weighted by Crippen LogP contribution is 2.38. The van der Waals surface area contributed by atoms with Crippen LogP contribution in [-0.4, -0.2) is 68.5 Å². The molecule has 0 spiro atoms. The Morgan fingerprint density at radius 2 is 0.729 bits per heavy atom. The van der Waals surface area contributed by atoms with Gasteiger partial charge in [0, 0.05) is 6.42 Å². The molecule has 0 aliphatic heterocycles. The summed E-state index contributed by atoms with van der Waals surface area (Å²) in [5.41, 5.74) is 0. The first-order valence-electron chi connectivity index (χ1n) is 34.7. The van der Waals surface area contributed by atoms with Crippen molar-refractivity contribution in [2.75, 3.05) is 40.9 Å². The van der Waals surface area contributed by atoms with Gasteiger partial charge in [-0.2, -0.15) is 0 Å². The molecule has 0 aromatic rings. The van der Waals surface area contributed by atoms with Crippen LogP contribution in [0.1, 0.15) is 277 Å². The quantitative estimate of drug-likeness (QED) is 0.0272. The lowest BCUT2D eigenvalue weighted by atomic mass is 10.0. The van der Waals surface area contributed by atoms with E-state index in [1.165, 1.54) is 135 Å². The second kappa shape index (κ2) is 64.8. The molecule has 0 fully saturated rings. The molecule has 486 valence electrons. The summed E-state index contributed by atoms with van der Waals surface area (Å²) in [5.74, 6) is -0.234. The van der Waals surface area contributed by atoms with Crippen molar-refractivity contribution in [3.63, 3.8) is 0 Å². The molecular formula is C76H131N2O6P. The van der Waals surface area contributed by atoms with Gasteiger partial charge in [-0.1, -0.05) is 301 Å². The first-order chi connectivity index (χ1) is 41.5. The number of likely N-dealkylation sites (N-methyl/N-ethyl adjacent to an activating group) is 1. The predicted octanol–water partition coefficient (Wildman–Crippen LogP) is 21.7. The maximum absolute atomic E-state index is 13.0. The van der Waals surface area contributed by atoms with E-state index in [-0.39, 0.29) is 12.5 Å². The average molecular weight is 1200 g/mol. The number of allylic oxidation sites excluding steroid dienone is 23. The molecule has 3 atom stereocenters. The molecule has 9 heteroatoms. The molecule has 0 rings (SSSR count). The van der Waals surface area contributed by atoms with Crippen LogP contribution >= 0.6 is 7.82 Å². The minimum absolute atomic E-state index is 0.0212. The Hall–Kier alpha value is -3.62. The number of hydrogen-bond acceptors (Lipinski definition) is 6. The summed E-state index contributed by atoms with van der Waals surface area (Å²) in [7, 11) is 1.20. The SMILES string of the molecule is CC/C=C\C/C=C\C/C=C\C/C=C\C/C=C\C/C=C\C/C=C\C/C=C\C/C=C\CCCCCCCC(=O)NC(COP(=O)([O-])OCC[N+](C)(C)C)C(O)/C=C/CC/C=C/CC/C=C/CCCCCCCCCCCCCCCCCCCCCC. The van der Waals surface area contributed by atoms with E-state index in [1.54, 1.807) is 6.08 Å². The van der Waals surface area contributed by atoms with E-state index in [0.717, 1.165) is 122 Å². The fraction of sp³-hybridized carbons (Fsp3) is 0.671. The summed E-state index contributed by atoms with van der Waals surface area (Å²) < 4.78 is 23.4. The van der Waals surface area contributed by atoms with Crippen molar-refractivity contribution in [2.24, 2.45) is 0 Å². The van der Waals surface area contributed by atoms with E-state index in [0.29, 0.717) is 17.4 Å². The zero-order valence-electron chi connectivity index (χ0n) is 55.5. The fourth-order valence-corrected chi connectivity index (χ4v) is 10.1. The van der Waals surface area contributed by atoms with Gasteiger partial charge in [-0.05, 0) is 116 Å². The third kappa shape index (κ3) is 67.7. The number of rotatable bonds is 62. The van der Waals surface area contributed by atoms with Crippen LogP contribution in [0.25, 0.3) is 0 Å². The van der Waals surface area contributed by atoms with Crippen LogP contribution in [-0.2, 0) is 18.4 Å². The number of amides is 1. The van der Waals surface area contributed by atoms with Crippen molar-refractivity contribution in [3.05, 3.63) is 146 Å². The average Bonchev–Trinajstić information content (AvgIpc) is 3.49. The van der Waals surface area contributed by atoms with Crippen molar-refractivity contribution < 1.29 is 32.9 Å². The number of phosphoric ester groups is 1. The molecule has 0 saturated carbocycles. The van der Waals surface area contributed by atoms with Gasteiger partial charge in [0.25, 0.3) is 7.82 Å². The van der Waals surface area contributed by atoms with E-state index in [4.69, 9.17) is 9.05 Å². The molecule has 0 saturated heterocycles. The fourth-order valence-electron chi connectivity index (χ4n) is 9.41. The number of quaternary nitrogens is 1. The zero-order valence-corrected chi connectivity index (χ0v) is 56.4. The molecule has 0 bridgehead atoms. The molecule has 8 nitrogen and oxygen atoms in total. The molecule has 3 unspecified atom stereocenters. The Bertz CT molecular complexity index is 1900. The Morgan fingerprint density at radius 3 is 1.09 bits per heavy atom. The second-order valence-corrected chi connectivity index (χ2v) is 25.5. The largest absolute Gasteiger partial charge is 0.756 e. The number of nitrogens with zero attached hydrogens (tertiary/aromatic N) is 1. The van der Waals surface area contributed by atoms with E-state index in [9.17, 15) is 19.4 Å². The Labute approximate surface area is 525 Å². The lowest BCUT2D eigenvalue weighted by molar-refractivity contribution is -0.870. The van der Waals surface area contributed by atoms with Crippen LogP contribution in [0.3, 0.4) is 0 Å². The van der Waals surface area contributed by atoms with Gasteiger partial charge in [0.05, 0.1) is 39.9 Å². The van der Waals surface area contributed by atoms with E-state index < -0.39 is 26.6 Å². The first kappa shape index (κ1) is 81.4. The van der Waals surface area contributed by atoms with Gasteiger partial charge in [-0.15, -0.1) is 0 Å². The van der Waals surface area contributed by atoms with Crippen LogP contribution in [0.5, 0.6) is 0 Å². The second-order valence-electron chi connectivity index (χ2n) is 24.1. The van der Waals surface area contributed by atoms with Crippen molar-refractivity contribution in [2.45, 2.75) is 289 Å². The van der Waals surface area contributed by atoms with Crippen molar-refractivity contribution in [3.8, 4) is 0 Å². The Balaban J connectivity index is 4.26. The molecule has 0 aromatic heterocycles. The number of carbonyl (C=O) groups excluding carboxylic acids is 1. The monoisotopic (exact) mass is 1200 g/mol. The lowest BCUT2D eigenvalue weighted by Gasteiger charge is -2.29. The zero-order chi connectivity index (χ0) is 61.9. The molecule has 0 radical (unpaired) electrons. The van der Waals surface area contributed by atoms with Crippen molar-refractivity contribution in [1.82, 2.24) is 5.32 Å². The highest BCUT2D eigenvalue weighted by Gasteiger charge is 2.23. The summed E-state index contributed by atoms with van der Waals surface area (Å²) in [6.45, 7) is 4.50. The Kier molecular flexibility index (Phi) is 62.1. The standard InChI is InChI=1S/C76H131N2O6P/c1-6-8-10-12-14-16-18-20-22-24-26-28-30-32-34-36-38-39-40-42-44-46-48-50-52-54-56-58-60-62-64-66-68-70-76(80)77-74(73-84-85(81,82)83-72-71-78(3,4)5)75(79)69-67-65-63-61-59-57-55-53-51-49-47-45-43-41-37-35-33-31-29-27-25-23-21-19-17-15-13-11-9-7-2/h8,10,14,16,20,22,26,28,32,34,38-39,42,44,48,50-51,53-54,56,59,61,67,69,74-75,79H,6-7,9,11-13,15,17-19,21,23-25,27,29-31,33,35-37,40-41,43,45-47,49,52,55,57-58,60,62-66,68,70-73H2,1-5H3,(H-,77,80,81,82)/b10-8-,16-14-,22-20-,28-26-,34-32-,39-38-,44-42-,50-48-,53-51+,56-54-,61-59+,69-67+. The lowest BCUT2D eigenvalue weighted by Crippen LogP contribution is -2.45. The van der Waals surface area contributed by atoms with Gasteiger partial charge in [0.1, 0.15) is 13.2 Å². The highest BCUT2D eigenvalue weighted by atomic mass is 31.2. The molecule has 0 aliphatic rings. The first-order valence-corrected chi connectivity index (χ1v) is 36.2. The summed E-state index contributed by atoms with van der Waals surface area (Å²) in [4.78, 5) is 25.6. The van der Waals surface area contributed by atoms with Crippen LogP contribution in [0, 0.1) is 0 Å². The maximum Gasteiger partial charge on any atom is 0.268 e. The normalized spacial score (nSPS) is 14.6. The summed E-state index contributed by atoms with van der Waals surface area (Å²) in [6, 6.07) is -0.934. The molecule has 0 heterocycles. The van der Waals surface area contributed by atoms with E-state index in [2.05, 4.69) is 153 Å². The summed E-state index contributed by atoms with van der Waals surface area (Å²) >= 11 is 0. The maximum atomic E-state index is 13.0.